The summed E-state index contributed by atoms with van der Waals surface area (Å²) in [6.07, 6.45) is 10.1. The summed E-state index contributed by atoms with van der Waals surface area (Å²) in [4.78, 5) is 28.2. The molecule has 0 aromatic heterocycles. The molecule has 5 aliphatic carbocycles. The molecule has 9 nitrogen and oxygen atoms in total. The maximum Gasteiger partial charge on any atom is 0.312 e. The fourth-order valence-corrected chi connectivity index (χ4v) is 12.1. The zero-order valence-corrected chi connectivity index (χ0v) is 30.2. The molecule has 0 spiro atoms. The lowest BCUT2D eigenvalue weighted by molar-refractivity contribution is -0.191. The summed E-state index contributed by atoms with van der Waals surface area (Å²) in [6.45, 7) is 14.7. The average Bonchev–Trinajstić information content (AvgIpc) is 2.89. The number of hydrogen-bond donors (Lipinski definition) is 0. The van der Waals surface area contributed by atoms with Crippen LogP contribution in [0.15, 0.2) is 23.3 Å². The first kappa shape index (κ1) is 34.8. The second kappa shape index (κ2) is 10.5. The van der Waals surface area contributed by atoms with Crippen LogP contribution < -0.4 is 0 Å². The molecule has 0 unspecified atom stereocenters. The molecule has 0 heterocycles. The summed E-state index contributed by atoms with van der Waals surface area (Å²) in [5.41, 5.74) is -1.53. The highest BCUT2D eigenvalue weighted by Gasteiger charge is 2.71. The van der Waals surface area contributed by atoms with Gasteiger partial charge in [0.25, 0.3) is 20.2 Å². The maximum atomic E-state index is 14.7. The summed E-state index contributed by atoms with van der Waals surface area (Å²) in [5.74, 6) is -0.731. The van der Waals surface area contributed by atoms with Crippen molar-refractivity contribution in [2.75, 3.05) is 26.2 Å². The number of rotatable bonds is 6. The Morgan fingerprint density at radius 1 is 0.911 bits per heavy atom. The van der Waals surface area contributed by atoms with Crippen LogP contribution in [-0.4, -0.2) is 60.9 Å². The van der Waals surface area contributed by atoms with Crippen molar-refractivity contribution in [2.45, 2.75) is 99.5 Å². The molecule has 0 saturated heterocycles. The number of methoxy groups -OCH3 is 1. The van der Waals surface area contributed by atoms with Gasteiger partial charge in [0.05, 0.1) is 31.6 Å². The Hall–Kier alpha value is -1.56. The van der Waals surface area contributed by atoms with E-state index < -0.39 is 53.4 Å². The van der Waals surface area contributed by atoms with Gasteiger partial charge in [0.1, 0.15) is 6.10 Å². The Morgan fingerprint density at radius 3 is 2.11 bits per heavy atom. The Labute approximate surface area is 270 Å². The van der Waals surface area contributed by atoms with E-state index in [-0.39, 0.29) is 41.5 Å². The molecule has 8 atom stereocenters. The van der Waals surface area contributed by atoms with Crippen LogP contribution in [0.5, 0.6) is 0 Å². The van der Waals surface area contributed by atoms with Crippen LogP contribution >= 0.6 is 0 Å². The van der Waals surface area contributed by atoms with Gasteiger partial charge in [-0.25, -0.2) is 0 Å². The molecule has 254 valence electrons. The minimum absolute atomic E-state index is 0.00543. The fraction of sp³-hybridized carbons (Fsp3) is 0.824. The van der Waals surface area contributed by atoms with E-state index in [4.69, 9.17) is 13.1 Å². The first-order chi connectivity index (χ1) is 20.4. The van der Waals surface area contributed by atoms with Gasteiger partial charge >= 0.3 is 5.97 Å². The molecule has 3 fully saturated rings. The second-order valence-corrected chi connectivity index (χ2v) is 20.1. The Balaban J connectivity index is 1.69. The van der Waals surface area contributed by atoms with Gasteiger partial charge in [0.15, 0.2) is 5.78 Å². The zero-order valence-electron chi connectivity index (χ0n) is 28.6. The third kappa shape index (κ3) is 5.30. The quantitative estimate of drug-likeness (QED) is 0.202. The van der Waals surface area contributed by atoms with Crippen LogP contribution in [0, 0.1) is 50.2 Å². The van der Waals surface area contributed by atoms with Crippen LogP contribution in [0.25, 0.3) is 0 Å². The van der Waals surface area contributed by atoms with Crippen molar-refractivity contribution in [2.24, 2.45) is 50.2 Å². The molecule has 5 aliphatic rings. The lowest BCUT2D eigenvalue weighted by atomic mass is 9.34. The summed E-state index contributed by atoms with van der Waals surface area (Å²) in [6, 6.07) is 0. The Kier molecular flexibility index (Phi) is 8.09. The summed E-state index contributed by atoms with van der Waals surface area (Å²) in [5, 5.41) is 0. The normalized spacial score (nSPS) is 42.2. The van der Waals surface area contributed by atoms with Gasteiger partial charge < -0.3 is 4.74 Å². The van der Waals surface area contributed by atoms with Crippen LogP contribution in [0.2, 0.25) is 0 Å². The predicted octanol–water partition coefficient (Wildman–Crippen LogP) is 5.61. The van der Waals surface area contributed by atoms with Crippen molar-refractivity contribution in [1.82, 2.24) is 0 Å². The maximum absolute atomic E-state index is 14.7. The van der Waals surface area contributed by atoms with E-state index in [1.807, 2.05) is 26.0 Å². The average molecular weight is 669 g/mol. The highest BCUT2D eigenvalue weighted by atomic mass is 32.2. The summed E-state index contributed by atoms with van der Waals surface area (Å²) >= 11 is 0. The number of esters is 1. The van der Waals surface area contributed by atoms with Gasteiger partial charge in [-0.1, -0.05) is 60.1 Å². The number of carbonyl (C=O) groups excluding carboxylic acids is 2. The van der Waals surface area contributed by atoms with Crippen LogP contribution in [-0.2, 0) is 42.9 Å². The van der Waals surface area contributed by atoms with Gasteiger partial charge in [-0.3, -0.25) is 18.0 Å². The van der Waals surface area contributed by atoms with Crippen molar-refractivity contribution < 1.29 is 39.5 Å². The molecule has 3 saturated carbocycles. The number of carbonyl (C=O) groups is 2. The third-order valence-corrected chi connectivity index (χ3v) is 14.4. The van der Waals surface area contributed by atoms with Crippen LogP contribution in [0.3, 0.4) is 0 Å². The number of allylic oxidation sites excluding steroid dienone is 3. The van der Waals surface area contributed by atoms with Crippen LogP contribution in [0.1, 0.15) is 93.4 Å². The highest BCUT2D eigenvalue weighted by Crippen LogP contribution is 2.75. The van der Waals surface area contributed by atoms with Gasteiger partial charge in [0.2, 0.25) is 0 Å². The smallest absolute Gasteiger partial charge is 0.312 e. The van der Waals surface area contributed by atoms with Crippen molar-refractivity contribution >= 4 is 32.0 Å². The monoisotopic (exact) mass is 668 g/mol. The lowest BCUT2D eigenvalue weighted by Gasteiger charge is -2.69. The van der Waals surface area contributed by atoms with Gasteiger partial charge in [0, 0.05) is 16.7 Å². The van der Waals surface area contributed by atoms with E-state index in [1.165, 1.54) is 7.11 Å². The predicted molar refractivity (Wildman–Crippen MR) is 171 cm³/mol. The van der Waals surface area contributed by atoms with Gasteiger partial charge in [-0.15, -0.1) is 0 Å². The molecular formula is C34H52O9S2. The van der Waals surface area contributed by atoms with Crippen molar-refractivity contribution in [3.05, 3.63) is 23.3 Å². The molecular weight excluding hydrogens is 616 g/mol. The molecule has 0 radical (unpaired) electrons. The standard InChI is InChI=1S/C34H52O9S2/c1-29(2)13-15-34(28(36)41-8)16-14-33(7)26(22(34)19-29)23(35)17-25-31(5)18-21(20-42-44(9,37)38)27(43-45(10,39)40)30(3,4)24(31)11-12-32(25,33)6/h17-18,22,24,26-27H,11-16,19-20H2,1-10H3/t22-,24-,26-,27-,31-,32+,33+,34-/m0/s1. The molecule has 5 rings (SSSR count). The molecule has 11 heteroatoms. The van der Waals surface area contributed by atoms with E-state index in [1.54, 1.807) is 0 Å². The molecule has 0 aromatic rings. The summed E-state index contributed by atoms with van der Waals surface area (Å²) in [7, 11) is -6.28. The van der Waals surface area contributed by atoms with E-state index in [0.717, 1.165) is 43.8 Å². The number of ether oxygens (including phenoxy) is 1. The fourth-order valence-electron chi connectivity index (χ4n) is 11.0. The largest absolute Gasteiger partial charge is 0.469 e. The van der Waals surface area contributed by atoms with E-state index in [0.29, 0.717) is 24.8 Å². The SMILES string of the molecule is COC(=O)[C@]12CCC(C)(C)C[C@H]1[C@H]1C(=O)C=C3[C@@]4(C)C=C(COS(C)(=O)=O)[C@H](OS(C)(=O)=O)C(C)(C)[C@@H]4CC[C@@]3(C)[C@]1(C)CC2. The minimum Gasteiger partial charge on any atom is -0.469 e. The van der Waals surface area contributed by atoms with E-state index in [2.05, 4.69) is 34.6 Å². The molecule has 0 bridgehead atoms. The molecule has 0 N–H and O–H groups in total. The second-order valence-electron chi connectivity index (χ2n) is 16.9. The lowest BCUT2D eigenvalue weighted by Crippen LogP contribution is -2.66. The Morgan fingerprint density at radius 2 is 1.53 bits per heavy atom. The summed E-state index contributed by atoms with van der Waals surface area (Å²) < 4.78 is 65.4. The highest BCUT2D eigenvalue weighted by molar-refractivity contribution is 7.86. The third-order valence-electron chi connectivity index (χ3n) is 13.3. The number of ketones is 1. The van der Waals surface area contributed by atoms with Gasteiger partial charge in [-0.05, 0) is 84.7 Å². The Bertz CT molecular complexity index is 1570. The molecule has 0 aromatic carbocycles. The minimum atomic E-state index is -3.90. The van der Waals surface area contributed by atoms with Crippen molar-refractivity contribution in [1.29, 1.82) is 0 Å². The van der Waals surface area contributed by atoms with Crippen LogP contribution in [0.4, 0.5) is 0 Å². The first-order valence-electron chi connectivity index (χ1n) is 16.2. The topological polar surface area (TPSA) is 130 Å². The van der Waals surface area contributed by atoms with Crippen molar-refractivity contribution in [3.63, 3.8) is 0 Å². The molecule has 45 heavy (non-hydrogen) atoms. The number of fused-ring (bicyclic) bond motifs is 7. The number of hydrogen-bond acceptors (Lipinski definition) is 9. The van der Waals surface area contributed by atoms with E-state index >= 15 is 0 Å². The van der Waals surface area contributed by atoms with E-state index in [9.17, 15) is 26.4 Å². The molecule has 0 amide bonds. The van der Waals surface area contributed by atoms with Gasteiger partial charge in [-0.2, -0.15) is 16.8 Å². The zero-order chi connectivity index (χ0) is 33.8. The van der Waals surface area contributed by atoms with Crippen molar-refractivity contribution in [3.8, 4) is 0 Å². The first-order valence-corrected chi connectivity index (χ1v) is 19.8. The molecule has 0 aliphatic heterocycles.